The summed E-state index contributed by atoms with van der Waals surface area (Å²) in [6.45, 7) is 2.91. The van der Waals surface area contributed by atoms with Crippen LogP contribution in [0.1, 0.15) is 18.2 Å². The predicted octanol–water partition coefficient (Wildman–Crippen LogP) is 2.11. The highest BCUT2D eigenvalue weighted by Crippen LogP contribution is 2.29. The monoisotopic (exact) mass is 231 g/mol. The average Bonchev–Trinajstić information content (AvgIpc) is 2.64. The Balaban J connectivity index is 2.19. The number of nitro benzene ring substituents is 1. The SMILES string of the molecule is CC1Cc2[nH]c3ccc([N+](=O)[O-])cc3c2CN1. The molecule has 0 saturated carbocycles. The lowest BCUT2D eigenvalue weighted by Crippen LogP contribution is -2.32. The van der Waals surface area contributed by atoms with Gasteiger partial charge >= 0.3 is 0 Å². The summed E-state index contributed by atoms with van der Waals surface area (Å²) in [5.74, 6) is 0. The molecule has 0 aliphatic carbocycles. The van der Waals surface area contributed by atoms with E-state index in [4.69, 9.17) is 0 Å². The zero-order valence-electron chi connectivity index (χ0n) is 9.49. The lowest BCUT2D eigenvalue weighted by molar-refractivity contribution is -0.384. The highest BCUT2D eigenvalue weighted by Gasteiger charge is 2.20. The Bertz CT molecular complexity index is 603. The third kappa shape index (κ3) is 1.59. The van der Waals surface area contributed by atoms with Gasteiger partial charge in [-0.1, -0.05) is 0 Å². The number of aromatic nitrogens is 1. The molecule has 0 amide bonds. The lowest BCUT2D eigenvalue weighted by atomic mass is 10.0. The van der Waals surface area contributed by atoms with E-state index in [1.165, 1.54) is 11.3 Å². The van der Waals surface area contributed by atoms with Crippen molar-refractivity contribution in [2.75, 3.05) is 0 Å². The van der Waals surface area contributed by atoms with Gasteiger partial charge in [0, 0.05) is 47.7 Å². The molecule has 1 atom stereocenters. The molecule has 0 saturated heterocycles. The molecule has 0 spiro atoms. The van der Waals surface area contributed by atoms with Crippen LogP contribution in [-0.4, -0.2) is 15.9 Å². The first-order valence-corrected chi connectivity index (χ1v) is 5.66. The summed E-state index contributed by atoms with van der Waals surface area (Å²) in [6.07, 6.45) is 0.942. The van der Waals surface area contributed by atoms with Crippen molar-refractivity contribution in [3.05, 3.63) is 39.6 Å². The summed E-state index contributed by atoms with van der Waals surface area (Å²) in [5.41, 5.74) is 3.50. The molecule has 0 bridgehead atoms. The summed E-state index contributed by atoms with van der Waals surface area (Å²) in [5, 5.41) is 15.1. The van der Waals surface area contributed by atoms with Crippen molar-refractivity contribution < 1.29 is 4.92 Å². The van der Waals surface area contributed by atoms with E-state index < -0.39 is 0 Å². The van der Waals surface area contributed by atoms with Crippen LogP contribution in [0.3, 0.4) is 0 Å². The van der Waals surface area contributed by atoms with E-state index in [2.05, 4.69) is 17.2 Å². The first kappa shape index (κ1) is 10.3. The molecule has 3 rings (SSSR count). The van der Waals surface area contributed by atoms with Gasteiger partial charge in [0.15, 0.2) is 0 Å². The van der Waals surface area contributed by atoms with Crippen LogP contribution in [0.5, 0.6) is 0 Å². The molecular formula is C12H13N3O2. The molecule has 17 heavy (non-hydrogen) atoms. The van der Waals surface area contributed by atoms with Crippen LogP contribution in [0.25, 0.3) is 10.9 Å². The number of hydrogen-bond acceptors (Lipinski definition) is 3. The van der Waals surface area contributed by atoms with Gasteiger partial charge in [0.25, 0.3) is 5.69 Å². The maximum Gasteiger partial charge on any atom is 0.270 e. The minimum Gasteiger partial charge on any atom is -0.358 e. The van der Waals surface area contributed by atoms with Crippen molar-refractivity contribution in [1.29, 1.82) is 0 Å². The second-order valence-corrected chi connectivity index (χ2v) is 4.56. The third-order valence-electron chi connectivity index (χ3n) is 3.33. The second-order valence-electron chi connectivity index (χ2n) is 4.56. The highest BCUT2D eigenvalue weighted by atomic mass is 16.6. The van der Waals surface area contributed by atoms with Gasteiger partial charge in [-0.2, -0.15) is 0 Å². The summed E-state index contributed by atoms with van der Waals surface area (Å²) in [6, 6.07) is 5.44. The Kier molecular flexibility index (Phi) is 2.16. The zero-order valence-corrected chi connectivity index (χ0v) is 9.49. The molecule has 1 aliphatic heterocycles. The standard InChI is InChI=1S/C12H13N3O2/c1-7-4-12-10(6-13-7)9-5-8(15(16)17)2-3-11(9)14-12/h2-3,5,7,13-14H,4,6H2,1H3. The molecule has 1 unspecified atom stereocenters. The van der Waals surface area contributed by atoms with Crippen LogP contribution in [0.2, 0.25) is 0 Å². The summed E-state index contributed by atoms with van der Waals surface area (Å²) in [7, 11) is 0. The topological polar surface area (TPSA) is 71.0 Å². The summed E-state index contributed by atoms with van der Waals surface area (Å²) in [4.78, 5) is 13.8. The molecule has 1 aromatic carbocycles. The van der Waals surface area contributed by atoms with Gasteiger partial charge in [0.2, 0.25) is 0 Å². The van der Waals surface area contributed by atoms with Crippen molar-refractivity contribution in [1.82, 2.24) is 10.3 Å². The van der Waals surface area contributed by atoms with Gasteiger partial charge in [-0.3, -0.25) is 10.1 Å². The zero-order chi connectivity index (χ0) is 12.0. The van der Waals surface area contributed by atoms with Gasteiger partial charge in [-0.05, 0) is 18.6 Å². The van der Waals surface area contributed by atoms with Crippen LogP contribution >= 0.6 is 0 Å². The van der Waals surface area contributed by atoms with Crippen molar-refractivity contribution in [3.8, 4) is 0 Å². The van der Waals surface area contributed by atoms with Crippen molar-refractivity contribution in [2.24, 2.45) is 0 Å². The van der Waals surface area contributed by atoms with E-state index in [-0.39, 0.29) is 10.6 Å². The third-order valence-corrected chi connectivity index (χ3v) is 3.33. The van der Waals surface area contributed by atoms with Gasteiger partial charge in [0.1, 0.15) is 0 Å². The second kappa shape index (κ2) is 3.56. The Hall–Kier alpha value is -1.88. The first-order valence-electron chi connectivity index (χ1n) is 5.66. The molecule has 2 heterocycles. The normalized spacial score (nSPS) is 19.2. The Labute approximate surface area is 98.0 Å². The van der Waals surface area contributed by atoms with E-state index in [0.717, 1.165) is 23.9 Å². The fourth-order valence-electron chi connectivity index (χ4n) is 2.44. The molecule has 5 nitrogen and oxygen atoms in total. The van der Waals surface area contributed by atoms with Crippen LogP contribution in [0.4, 0.5) is 5.69 Å². The van der Waals surface area contributed by atoms with E-state index in [0.29, 0.717) is 6.04 Å². The quantitative estimate of drug-likeness (QED) is 0.583. The molecule has 0 radical (unpaired) electrons. The number of nitro groups is 1. The number of nitrogens with one attached hydrogen (secondary N) is 2. The minimum atomic E-state index is -0.349. The van der Waals surface area contributed by atoms with Gasteiger partial charge in [0.05, 0.1) is 4.92 Å². The summed E-state index contributed by atoms with van der Waals surface area (Å²) >= 11 is 0. The van der Waals surface area contributed by atoms with Crippen molar-refractivity contribution in [2.45, 2.75) is 25.9 Å². The number of nitrogens with zero attached hydrogens (tertiary/aromatic N) is 1. The smallest absolute Gasteiger partial charge is 0.270 e. The molecule has 1 aliphatic rings. The molecule has 1 aromatic heterocycles. The van der Waals surface area contributed by atoms with E-state index in [1.54, 1.807) is 18.2 Å². The van der Waals surface area contributed by atoms with Crippen molar-refractivity contribution in [3.63, 3.8) is 0 Å². The Morgan fingerprint density at radius 1 is 1.47 bits per heavy atom. The number of benzene rings is 1. The van der Waals surface area contributed by atoms with Crippen LogP contribution < -0.4 is 5.32 Å². The van der Waals surface area contributed by atoms with Gasteiger partial charge < -0.3 is 10.3 Å². The lowest BCUT2D eigenvalue weighted by Gasteiger charge is -2.20. The molecular weight excluding hydrogens is 218 g/mol. The maximum atomic E-state index is 10.8. The number of rotatable bonds is 1. The van der Waals surface area contributed by atoms with E-state index in [1.807, 2.05) is 0 Å². The number of fused-ring (bicyclic) bond motifs is 3. The van der Waals surface area contributed by atoms with Crippen LogP contribution in [0, 0.1) is 10.1 Å². The van der Waals surface area contributed by atoms with Gasteiger partial charge in [-0.15, -0.1) is 0 Å². The molecule has 0 fully saturated rings. The van der Waals surface area contributed by atoms with Gasteiger partial charge in [-0.25, -0.2) is 0 Å². The highest BCUT2D eigenvalue weighted by molar-refractivity contribution is 5.87. The molecule has 2 aromatic rings. The number of non-ortho nitro benzene ring substituents is 1. The van der Waals surface area contributed by atoms with Crippen LogP contribution in [0.15, 0.2) is 18.2 Å². The fourth-order valence-corrected chi connectivity index (χ4v) is 2.44. The Morgan fingerprint density at radius 3 is 3.06 bits per heavy atom. The maximum absolute atomic E-state index is 10.8. The number of hydrogen-bond donors (Lipinski definition) is 2. The predicted molar refractivity (Wildman–Crippen MR) is 65.0 cm³/mol. The number of aromatic amines is 1. The van der Waals surface area contributed by atoms with Crippen LogP contribution in [-0.2, 0) is 13.0 Å². The summed E-state index contributed by atoms with van der Waals surface area (Å²) < 4.78 is 0. The first-order chi connectivity index (χ1) is 8.15. The fraction of sp³-hybridized carbons (Fsp3) is 0.333. The van der Waals surface area contributed by atoms with E-state index >= 15 is 0 Å². The largest absolute Gasteiger partial charge is 0.358 e. The number of H-pyrrole nitrogens is 1. The molecule has 2 N–H and O–H groups in total. The molecule has 88 valence electrons. The average molecular weight is 231 g/mol. The van der Waals surface area contributed by atoms with E-state index in [9.17, 15) is 10.1 Å². The van der Waals surface area contributed by atoms with Crippen molar-refractivity contribution >= 4 is 16.6 Å². The molecule has 5 heteroatoms. The minimum absolute atomic E-state index is 0.151. The Morgan fingerprint density at radius 2 is 2.29 bits per heavy atom.